The topological polar surface area (TPSA) is 93.1 Å². The predicted molar refractivity (Wildman–Crippen MR) is 107 cm³/mol. The molecular formula is C22H31N3O4. The zero-order valence-corrected chi connectivity index (χ0v) is 16.7. The molecule has 1 aromatic rings. The Labute approximate surface area is 171 Å². The van der Waals surface area contributed by atoms with Crippen molar-refractivity contribution < 1.29 is 19.9 Å². The molecule has 1 saturated carbocycles. The fourth-order valence-corrected chi connectivity index (χ4v) is 5.44. The SMILES string of the molecule is O=C(NO)C1CC(N2CC[C@@H](O)C2)CCC1C(=O)N1CC[C@H](c2ccccc2)C1. The van der Waals surface area contributed by atoms with Gasteiger partial charge >= 0.3 is 0 Å². The molecule has 2 heterocycles. The number of carbonyl (C=O) groups excluding carboxylic acids is 2. The lowest BCUT2D eigenvalue weighted by Crippen LogP contribution is -2.49. The average Bonchev–Trinajstić information content (AvgIpc) is 3.42. The van der Waals surface area contributed by atoms with Gasteiger partial charge in [0.25, 0.3) is 0 Å². The summed E-state index contributed by atoms with van der Waals surface area (Å²) in [4.78, 5) is 29.8. The first-order chi connectivity index (χ1) is 14.1. The lowest BCUT2D eigenvalue weighted by molar-refractivity contribution is -0.147. The molecule has 7 heteroatoms. The molecule has 3 N–H and O–H groups in total. The van der Waals surface area contributed by atoms with E-state index in [0.717, 1.165) is 25.8 Å². The van der Waals surface area contributed by atoms with Gasteiger partial charge in [-0.2, -0.15) is 0 Å². The summed E-state index contributed by atoms with van der Waals surface area (Å²) < 4.78 is 0. The second-order valence-corrected chi connectivity index (χ2v) is 8.77. The Kier molecular flexibility index (Phi) is 6.18. The van der Waals surface area contributed by atoms with E-state index >= 15 is 0 Å². The van der Waals surface area contributed by atoms with Crippen molar-refractivity contribution in [1.29, 1.82) is 0 Å². The van der Waals surface area contributed by atoms with Crippen LogP contribution < -0.4 is 5.48 Å². The average molecular weight is 402 g/mol. The van der Waals surface area contributed by atoms with Crippen molar-refractivity contribution in [3.8, 4) is 0 Å². The van der Waals surface area contributed by atoms with E-state index in [2.05, 4.69) is 17.0 Å². The third-order valence-electron chi connectivity index (χ3n) is 7.07. The number of nitrogens with one attached hydrogen (secondary N) is 1. The molecule has 1 aromatic carbocycles. The Balaban J connectivity index is 1.42. The van der Waals surface area contributed by atoms with E-state index in [1.54, 1.807) is 5.48 Å². The Morgan fingerprint density at radius 1 is 0.966 bits per heavy atom. The van der Waals surface area contributed by atoms with Crippen molar-refractivity contribution in [1.82, 2.24) is 15.3 Å². The van der Waals surface area contributed by atoms with Crippen LogP contribution in [-0.4, -0.2) is 70.3 Å². The van der Waals surface area contributed by atoms with Gasteiger partial charge < -0.3 is 10.0 Å². The van der Waals surface area contributed by atoms with Crippen LogP contribution in [0.1, 0.15) is 43.6 Å². The monoisotopic (exact) mass is 401 g/mol. The molecule has 29 heavy (non-hydrogen) atoms. The van der Waals surface area contributed by atoms with Crippen molar-refractivity contribution in [2.45, 2.75) is 50.2 Å². The predicted octanol–water partition coefficient (Wildman–Crippen LogP) is 1.36. The quantitative estimate of drug-likeness (QED) is 0.523. The Hall–Kier alpha value is -1.96. The van der Waals surface area contributed by atoms with Crippen LogP contribution >= 0.6 is 0 Å². The van der Waals surface area contributed by atoms with Gasteiger partial charge in [-0.1, -0.05) is 30.3 Å². The summed E-state index contributed by atoms with van der Waals surface area (Å²) in [5.41, 5.74) is 3.04. The molecular weight excluding hydrogens is 370 g/mol. The van der Waals surface area contributed by atoms with E-state index in [9.17, 15) is 19.9 Å². The summed E-state index contributed by atoms with van der Waals surface area (Å²) in [7, 11) is 0. The van der Waals surface area contributed by atoms with Crippen LogP contribution in [0.4, 0.5) is 0 Å². The van der Waals surface area contributed by atoms with Gasteiger partial charge in [-0.15, -0.1) is 0 Å². The minimum absolute atomic E-state index is 0.0388. The van der Waals surface area contributed by atoms with Crippen molar-refractivity contribution >= 4 is 11.8 Å². The van der Waals surface area contributed by atoms with Gasteiger partial charge in [0.15, 0.2) is 0 Å². The fourth-order valence-electron chi connectivity index (χ4n) is 5.44. The highest BCUT2D eigenvalue weighted by atomic mass is 16.5. The van der Waals surface area contributed by atoms with Gasteiger partial charge in [-0.25, -0.2) is 5.48 Å². The van der Waals surface area contributed by atoms with Crippen LogP contribution in [0.3, 0.4) is 0 Å². The number of carbonyl (C=O) groups is 2. The molecule has 2 amide bonds. The first-order valence-electron chi connectivity index (χ1n) is 10.8. The summed E-state index contributed by atoms with van der Waals surface area (Å²) in [6.07, 6.45) is 3.41. The smallest absolute Gasteiger partial charge is 0.247 e. The van der Waals surface area contributed by atoms with E-state index in [1.165, 1.54) is 5.56 Å². The lowest BCUT2D eigenvalue weighted by atomic mass is 9.75. The zero-order valence-electron chi connectivity index (χ0n) is 16.7. The molecule has 2 saturated heterocycles. The van der Waals surface area contributed by atoms with Crippen LogP contribution in [0.25, 0.3) is 0 Å². The maximum atomic E-state index is 13.3. The molecule has 0 spiro atoms. The van der Waals surface area contributed by atoms with Crippen LogP contribution in [-0.2, 0) is 9.59 Å². The summed E-state index contributed by atoms with van der Waals surface area (Å²) in [5.74, 6) is -1.00. The summed E-state index contributed by atoms with van der Waals surface area (Å²) in [6.45, 7) is 2.85. The zero-order chi connectivity index (χ0) is 20.4. The highest BCUT2D eigenvalue weighted by molar-refractivity contribution is 5.87. The molecule has 3 unspecified atom stereocenters. The Bertz CT molecular complexity index is 728. The molecule has 5 atom stereocenters. The van der Waals surface area contributed by atoms with Crippen LogP contribution in [0.15, 0.2) is 30.3 Å². The van der Waals surface area contributed by atoms with Gasteiger partial charge in [0.05, 0.1) is 12.0 Å². The molecule has 4 rings (SSSR count). The van der Waals surface area contributed by atoms with Crippen molar-refractivity contribution in [3.63, 3.8) is 0 Å². The first kappa shape index (κ1) is 20.3. The highest BCUT2D eigenvalue weighted by Crippen LogP contribution is 2.37. The van der Waals surface area contributed by atoms with Gasteiger partial charge in [-0.3, -0.25) is 19.7 Å². The number of aliphatic hydroxyl groups excluding tert-OH is 1. The summed E-state index contributed by atoms with van der Waals surface area (Å²) in [5, 5.41) is 19.1. The molecule has 3 fully saturated rings. The third kappa shape index (κ3) is 4.32. The maximum Gasteiger partial charge on any atom is 0.247 e. The Morgan fingerprint density at radius 3 is 2.45 bits per heavy atom. The molecule has 2 aliphatic heterocycles. The number of amides is 2. The second-order valence-electron chi connectivity index (χ2n) is 8.77. The number of rotatable bonds is 4. The van der Waals surface area contributed by atoms with E-state index in [0.29, 0.717) is 38.4 Å². The number of hydroxylamine groups is 1. The lowest BCUT2D eigenvalue weighted by Gasteiger charge is -2.39. The first-order valence-corrected chi connectivity index (χ1v) is 10.8. The van der Waals surface area contributed by atoms with E-state index in [1.807, 2.05) is 23.1 Å². The van der Waals surface area contributed by atoms with E-state index < -0.39 is 11.8 Å². The number of β-amino-alcohol motifs (C(OH)–C–C–N with tert-alkyl or cyclic N) is 1. The second kappa shape index (κ2) is 8.81. The minimum Gasteiger partial charge on any atom is -0.392 e. The molecule has 7 nitrogen and oxygen atoms in total. The van der Waals surface area contributed by atoms with Crippen LogP contribution in [0, 0.1) is 11.8 Å². The number of hydrogen-bond donors (Lipinski definition) is 3. The van der Waals surface area contributed by atoms with Gasteiger partial charge in [0.2, 0.25) is 11.8 Å². The number of nitrogens with zero attached hydrogens (tertiary/aromatic N) is 2. The third-order valence-corrected chi connectivity index (χ3v) is 7.07. The minimum atomic E-state index is -0.528. The van der Waals surface area contributed by atoms with Crippen LogP contribution in [0.5, 0.6) is 0 Å². The van der Waals surface area contributed by atoms with Gasteiger partial charge in [0.1, 0.15) is 0 Å². The number of hydrogen-bond acceptors (Lipinski definition) is 5. The van der Waals surface area contributed by atoms with Crippen molar-refractivity contribution in [2.24, 2.45) is 11.8 Å². The van der Waals surface area contributed by atoms with E-state index in [-0.39, 0.29) is 24.0 Å². The van der Waals surface area contributed by atoms with Crippen molar-refractivity contribution in [2.75, 3.05) is 26.2 Å². The molecule has 0 radical (unpaired) electrons. The Morgan fingerprint density at radius 2 is 1.76 bits per heavy atom. The number of likely N-dealkylation sites (tertiary alicyclic amines) is 2. The molecule has 1 aliphatic carbocycles. The number of aliphatic hydroxyl groups is 1. The fraction of sp³-hybridized carbons (Fsp3) is 0.636. The van der Waals surface area contributed by atoms with Crippen molar-refractivity contribution in [3.05, 3.63) is 35.9 Å². The molecule has 0 bridgehead atoms. The highest BCUT2D eigenvalue weighted by Gasteiger charge is 2.44. The molecule has 0 aromatic heterocycles. The van der Waals surface area contributed by atoms with Crippen LogP contribution in [0.2, 0.25) is 0 Å². The number of benzene rings is 1. The van der Waals surface area contributed by atoms with Gasteiger partial charge in [-0.05, 0) is 37.7 Å². The molecule has 3 aliphatic rings. The molecule has 158 valence electrons. The maximum absolute atomic E-state index is 13.3. The van der Waals surface area contributed by atoms with E-state index in [4.69, 9.17) is 0 Å². The van der Waals surface area contributed by atoms with Gasteiger partial charge in [0, 0.05) is 44.1 Å². The summed E-state index contributed by atoms with van der Waals surface area (Å²) in [6, 6.07) is 10.4. The normalized spacial score (nSPS) is 33.0. The summed E-state index contributed by atoms with van der Waals surface area (Å²) >= 11 is 0. The standard InChI is InChI=1S/C22H31N3O4/c26-18-9-11-24(14-18)17-6-7-19(20(12-17)21(27)23-29)22(28)25-10-8-16(13-25)15-4-2-1-3-5-15/h1-5,16-20,26,29H,6-14H2,(H,23,27)/t16-,17?,18+,19?,20?/m0/s1. The largest absolute Gasteiger partial charge is 0.392 e.